The van der Waals surface area contributed by atoms with E-state index >= 15 is 0 Å². The van der Waals surface area contributed by atoms with E-state index in [0.29, 0.717) is 22.9 Å². The minimum atomic E-state index is -0.223. The van der Waals surface area contributed by atoms with Crippen LogP contribution in [0.2, 0.25) is 5.02 Å². The molecule has 0 saturated heterocycles. The number of carbonyl (C=O) groups excluding carboxylic acids is 1. The molecule has 0 unspecified atom stereocenters. The summed E-state index contributed by atoms with van der Waals surface area (Å²) in [5.74, 6) is 1.27. The van der Waals surface area contributed by atoms with Gasteiger partial charge in [-0.05, 0) is 36.8 Å². The zero-order chi connectivity index (χ0) is 21.8. The van der Waals surface area contributed by atoms with E-state index in [0.717, 1.165) is 41.3 Å². The predicted octanol–water partition coefficient (Wildman–Crippen LogP) is 4.60. The number of amidine groups is 1. The predicted molar refractivity (Wildman–Crippen MR) is 126 cm³/mol. The number of rotatable bonds is 6. The average molecular weight is 434 g/mol. The summed E-state index contributed by atoms with van der Waals surface area (Å²) in [6, 6.07) is 17.5. The lowest BCUT2D eigenvalue weighted by Crippen LogP contribution is -2.23. The molecule has 0 atom stereocenters. The number of nitrogens with one attached hydrogen (secondary N) is 2. The molecular weight excluding hydrogens is 410 g/mol. The number of nitrogens with zero attached hydrogens (tertiary/aromatic N) is 3. The first kappa shape index (κ1) is 20.9. The summed E-state index contributed by atoms with van der Waals surface area (Å²) in [4.78, 5) is 23.7. The Morgan fingerprint density at radius 3 is 2.61 bits per heavy atom. The van der Waals surface area contributed by atoms with Gasteiger partial charge in [-0.3, -0.25) is 9.79 Å². The summed E-state index contributed by atoms with van der Waals surface area (Å²) in [5.41, 5.74) is 4.58. The van der Waals surface area contributed by atoms with E-state index in [-0.39, 0.29) is 5.91 Å². The molecule has 0 fully saturated rings. The number of halogens is 1. The standard InChI is InChI=1S/C24H24ClN5O/c1-16-3-9-21(20(13-16)24(31)29-22-10-8-19(25)15-28-22)27-14-17-4-6-18(7-5-17)23-26-11-12-30(23)2/h3-10,13,15,27H,11-12,14H2,1-2H3,(H,28,29,31). The van der Waals surface area contributed by atoms with Crippen molar-refractivity contribution >= 4 is 34.8 Å². The molecule has 158 valence electrons. The molecule has 0 bridgehead atoms. The largest absolute Gasteiger partial charge is 0.380 e. The Kier molecular flexibility index (Phi) is 6.18. The van der Waals surface area contributed by atoms with Gasteiger partial charge in [0.05, 0.1) is 17.1 Å². The molecular formula is C24H24ClN5O. The van der Waals surface area contributed by atoms with E-state index in [9.17, 15) is 4.79 Å². The average Bonchev–Trinajstić information content (AvgIpc) is 3.20. The Labute approximate surface area is 187 Å². The number of aryl methyl sites for hydroxylation is 1. The van der Waals surface area contributed by atoms with Crippen molar-refractivity contribution in [1.29, 1.82) is 0 Å². The third kappa shape index (κ3) is 5.03. The number of likely N-dealkylation sites (N-methyl/N-ethyl adjacent to an activating group) is 1. The number of amides is 1. The number of aliphatic imine (C=N–C) groups is 1. The Balaban J connectivity index is 1.46. The van der Waals surface area contributed by atoms with Gasteiger partial charge in [0.2, 0.25) is 0 Å². The van der Waals surface area contributed by atoms with Crippen LogP contribution in [0.3, 0.4) is 0 Å². The first-order chi connectivity index (χ1) is 15.0. The van der Waals surface area contributed by atoms with Crippen molar-refractivity contribution < 1.29 is 4.79 Å². The number of hydrogen-bond donors (Lipinski definition) is 2. The summed E-state index contributed by atoms with van der Waals surface area (Å²) < 4.78 is 0. The topological polar surface area (TPSA) is 69.6 Å². The highest BCUT2D eigenvalue weighted by atomic mass is 35.5. The summed E-state index contributed by atoms with van der Waals surface area (Å²) in [7, 11) is 2.06. The van der Waals surface area contributed by atoms with E-state index in [1.807, 2.05) is 25.1 Å². The second-order valence-corrected chi connectivity index (χ2v) is 7.98. The zero-order valence-corrected chi connectivity index (χ0v) is 18.3. The lowest BCUT2D eigenvalue weighted by molar-refractivity contribution is 0.102. The van der Waals surface area contributed by atoms with Gasteiger partial charge in [-0.1, -0.05) is 47.5 Å². The molecule has 1 aliphatic heterocycles. The van der Waals surface area contributed by atoms with Gasteiger partial charge in [0.15, 0.2) is 0 Å². The van der Waals surface area contributed by atoms with Crippen LogP contribution in [-0.2, 0) is 6.54 Å². The highest BCUT2D eigenvalue weighted by Crippen LogP contribution is 2.21. The van der Waals surface area contributed by atoms with Crippen molar-refractivity contribution in [2.75, 3.05) is 30.8 Å². The van der Waals surface area contributed by atoms with Crippen LogP contribution in [0.15, 0.2) is 65.8 Å². The Bertz CT molecular complexity index is 1110. The minimum Gasteiger partial charge on any atom is -0.380 e. The summed E-state index contributed by atoms with van der Waals surface area (Å²) in [5, 5.41) is 6.74. The molecule has 0 aliphatic carbocycles. The summed E-state index contributed by atoms with van der Waals surface area (Å²) in [6.07, 6.45) is 1.51. The molecule has 1 aromatic heterocycles. The van der Waals surface area contributed by atoms with Crippen LogP contribution in [-0.4, -0.2) is 41.8 Å². The second-order valence-electron chi connectivity index (χ2n) is 7.54. The minimum absolute atomic E-state index is 0.223. The fraction of sp³-hybridized carbons (Fsp3) is 0.208. The van der Waals surface area contributed by atoms with Gasteiger partial charge in [-0.2, -0.15) is 0 Å². The fourth-order valence-electron chi connectivity index (χ4n) is 3.45. The number of hydrogen-bond acceptors (Lipinski definition) is 5. The van der Waals surface area contributed by atoms with Crippen molar-refractivity contribution in [2.45, 2.75) is 13.5 Å². The van der Waals surface area contributed by atoms with Crippen molar-refractivity contribution in [3.05, 3.63) is 88.1 Å². The van der Waals surface area contributed by atoms with Gasteiger partial charge in [0.25, 0.3) is 5.91 Å². The van der Waals surface area contributed by atoms with Crippen molar-refractivity contribution in [1.82, 2.24) is 9.88 Å². The van der Waals surface area contributed by atoms with Crippen LogP contribution in [0, 0.1) is 6.92 Å². The highest BCUT2D eigenvalue weighted by Gasteiger charge is 2.15. The lowest BCUT2D eigenvalue weighted by atomic mass is 10.1. The Hall–Kier alpha value is -3.38. The van der Waals surface area contributed by atoms with Gasteiger partial charge >= 0.3 is 0 Å². The van der Waals surface area contributed by atoms with Crippen LogP contribution >= 0.6 is 11.6 Å². The Morgan fingerprint density at radius 2 is 1.94 bits per heavy atom. The molecule has 1 aliphatic rings. The normalized spacial score (nSPS) is 13.1. The molecule has 0 saturated carbocycles. The second kappa shape index (κ2) is 9.18. The molecule has 1 amide bonds. The van der Waals surface area contributed by atoms with Crippen LogP contribution in [0.1, 0.15) is 27.0 Å². The van der Waals surface area contributed by atoms with E-state index in [2.05, 4.69) is 56.8 Å². The summed E-state index contributed by atoms with van der Waals surface area (Å²) in [6.45, 7) is 4.37. The molecule has 3 aromatic rings. The van der Waals surface area contributed by atoms with Gasteiger partial charge in [-0.25, -0.2) is 4.98 Å². The van der Waals surface area contributed by atoms with Crippen molar-refractivity contribution in [2.24, 2.45) is 4.99 Å². The molecule has 2 aromatic carbocycles. The maximum Gasteiger partial charge on any atom is 0.258 e. The SMILES string of the molecule is Cc1ccc(NCc2ccc(C3=NCCN3C)cc2)c(C(=O)Nc2ccc(Cl)cn2)c1. The van der Waals surface area contributed by atoms with E-state index in [4.69, 9.17) is 11.6 Å². The molecule has 0 spiro atoms. The smallest absolute Gasteiger partial charge is 0.258 e. The molecule has 2 N–H and O–H groups in total. The quantitative estimate of drug-likeness (QED) is 0.596. The van der Waals surface area contributed by atoms with Crippen molar-refractivity contribution in [3.63, 3.8) is 0 Å². The van der Waals surface area contributed by atoms with Gasteiger partial charge < -0.3 is 15.5 Å². The van der Waals surface area contributed by atoms with Gasteiger partial charge in [-0.15, -0.1) is 0 Å². The molecule has 2 heterocycles. The zero-order valence-electron chi connectivity index (χ0n) is 17.5. The maximum absolute atomic E-state index is 12.9. The van der Waals surface area contributed by atoms with Gasteiger partial charge in [0.1, 0.15) is 11.7 Å². The Morgan fingerprint density at radius 1 is 1.13 bits per heavy atom. The van der Waals surface area contributed by atoms with E-state index in [1.54, 1.807) is 12.1 Å². The van der Waals surface area contributed by atoms with Crippen LogP contribution in [0.25, 0.3) is 0 Å². The van der Waals surface area contributed by atoms with Crippen LogP contribution in [0.4, 0.5) is 11.5 Å². The first-order valence-electron chi connectivity index (χ1n) is 10.1. The molecule has 31 heavy (non-hydrogen) atoms. The molecule has 6 nitrogen and oxygen atoms in total. The molecule has 7 heteroatoms. The summed E-state index contributed by atoms with van der Waals surface area (Å²) >= 11 is 5.87. The van der Waals surface area contributed by atoms with Crippen LogP contribution in [0.5, 0.6) is 0 Å². The first-order valence-corrected chi connectivity index (χ1v) is 10.5. The maximum atomic E-state index is 12.9. The van der Waals surface area contributed by atoms with E-state index in [1.165, 1.54) is 6.20 Å². The molecule has 4 rings (SSSR count). The number of carbonyl (C=O) groups is 1. The highest BCUT2D eigenvalue weighted by molar-refractivity contribution is 6.30. The van der Waals surface area contributed by atoms with Gasteiger partial charge in [0, 0.05) is 37.6 Å². The van der Waals surface area contributed by atoms with Crippen molar-refractivity contribution in [3.8, 4) is 0 Å². The third-order valence-electron chi connectivity index (χ3n) is 5.14. The van der Waals surface area contributed by atoms with E-state index < -0.39 is 0 Å². The third-order valence-corrected chi connectivity index (χ3v) is 5.37. The number of anilines is 2. The monoisotopic (exact) mass is 433 g/mol. The lowest BCUT2D eigenvalue weighted by Gasteiger charge is -2.15. The molecule has 0 radical (unpaired) electrons. The fourth-order valence-corrected chi connectivity index (χ4v) is 3.56. The van der Waals surface area contributed by atoms with Crippen LogP contribution < -0.4 is 10.6 Å². The number of benzene rings is 2. The number of pyridine rings is 1. The number of aromatic nitrogens is 1.